The Morgan fingerprint density at radius 3 is 1.77 bits per heavy atom. The molecule has 0 aromatic rings. The molecule has 3 aliphatic rings. The van der Waals surface area contributed by atoms with E-state index in [1.807, 2.05) is 6.92 Å². The Morgan fingerprint density at radius 1 is 0.774 bits per heavy atom. The lowest BCUT2D eigenvalue weighted by Crippen LogP contribution is -2.48. The van der Waals surface area contributed by atoms with Crippen molar-refractivity contribution >= 4 is 5.97 Å². The van der Waals surface area contributed by atoms with Gasteiger partial charge in [0.25, 0.3) is 0 Å². The molecule has 0 aromatic heterocycles. The average molecular weight is 462 g/mol. The summed E-state index contributed by atoms with van der Waals surface area (Å²) in [6.45, 7) is 1.97. The average Bonchev–Trinajstić information content (AvgIpc) is 2.65. The third-order valence-electron chi connectivity index (χ3n) is 6.79. The number of halogens is 7. The second-order valence-electron chi connectivity index (χ2n) is 9.29. The van der Waals surface area contributed by atoms with E-state index in [4.69, 9.17) is 9.47 Å². The minimum absolute atomic E-state index is 0.264. The van der Waals surface area contributed by atoms with Crippen molar-refractivity contribution in [3.63, 3.8) is 0 Å². The van der Waals surface area contributed by atoms with Gasteiger partial charge in [0.15, 0.2) is 6.17 Å². The second-order valence-corrected chi connectivity index (χ2v) is 9.29. The lowest BCUT2D eigenvalue weighted by molar-refractivity contribution is -0.305. The normalized spacial score (nSPS) is 44.6. The first-order valence-corrected chi connectivity index (χ1v) is 10.9. The molecule has 0 spiro atoms. The van der Waals surface area contributed by atoms with Crippen molar-refractivity contribution < 1.29 is 45.0 Å². The summed E-state index contributed by atoms with van der Waals surface area (Å²) in [5.41, 5.74) is 0. The Kier molecular flexibility index (Phi) is 7.79. The van der Waals surface area contributed by atoms with Crippen LogP contribution in [0.1, 0.15) is 58.3 Å². The Morgan fingerprint density at radius 2 is 1.26 bits per heavy atom. The fourth-order valence-electron chi connectivity index (χ4n) is 4.85. The Balaban J connectivity index is 1.54. The lowest BCUT2D eigenvalue weighted by atomic mass is 9.81. The van der Waals surface area contributed by atoms with E-state index in [0.717, 1.165) is 0 Å². The van der Waals surface area contributed by atoms with Crippen LogP contribution < -0.4 is 0 Å². The third-order valence-corrected chi connectivity index (χ3v) is 6.79. The molecular weight excluding hydrogens is 433 g/mol. The molecule has 0 radical (unpaired) electrons. The van der Waals surface area contributed by atoms with Gasteiger partial charge in [0.05, 0.1) is 12.0 Å². The summed E-state index contributed by atoms with van der Waals surface area (Å²) in [5, 5.41) is 0. The molecule has 4 unspecified atom stereocenters. The van der Waals surface area contributed by atoms with Gasteiger partial charge in [0, 0.05) is 25.7 Å². The van der Waals surface area contributed by atoms with Crippen LogP contribution in [0.2, 0.25) is 0 Å². The molecule has 0 amide bonds. The number of rotatable bonds is 5. The molecule has 0 aromatic carbocycles. The van der Waals surface area contributed by atoms with E-state index in [1.165, 1.54) is 0 Å². The molecule has 0 saturated heterocycles. The van der Waals surface area contributed by atoms with Crippen molar-refractivity contribution in [3.8, 4) is 0 Å². The molecule has 180 valence electrons. The van der Waals surface area contributed by atoms with Gasteiger partial charge in [-0.2, -0.15) is 8.78 Å². The van der Waals surface area contributed by atoms with Gasteiger partial charge in [-0.1, -0.05) is 19.8 Å². The molecule has 3 aliphatic carbocycles. The molecule has 10 heteroatoms. The Hall–Kier alpha value is -1.06. The highest BCUT2D eigenvalue weighted by atomic mass is 19.3. The SMILES string of the molecule is CC1CCC(C(F)(F)OC2CC(F)C(C(=O)OC3CC(F)C(F)C(F)C3)C(F)C2)CC1. The van der Waals surface area contributed by atoms with Crippen molar-refractivity contribution in [2.45, 2.75) is 107 Å². The summed E-state index contributed by atoms with van der Waals surface area (Å²) in [6.07, 6.45) is -17.9. The molecule has 31 heavy (non-hydrogen) atoms. The molecule has 3 fully saturated rings. The molecule has 4 atom stereocenters. The number of hydrogen-bond acceptors (Lipinski definition) is 3. The topological polar surface area (TPSA) is 35.5 Å². The predicted octanol–water partition coefficient (Wildman–Crippen LogP) is 5.60. The zero-order valence-corrected chi connectivity index (χ0v) is 17.3. The van der Waals surface area contributed by atoms with E-state index in [-0.39, 0.29) is 12.8 Å². The third kappa shape index (κ3) is 5.85. The minimum Gasteiger partial charge on any atom is -0.462 e. The van der Waals surface area contributed by atoms with Gasteiger partial charge in [0.2, 0.25) is 0 Å². The largest absolute Gasteiger partial charge is 0.462 e. The zero-order chi connectivity index (χ0) is 22.9. The lowest BCUT2D eigenvalue weighted by Gasteiger charge is -2.38. The van der Waals surface area contributed by atoms with E-state index in [1.54, 1.807) is 0 Å². The van der Waals surface area contributed by atoms with Crippen LogP contribution in [0, 0.1) is 17.8 Å². The fraction of sp³-hybridized carbons (Fsp3) is 0.952. The summed E-state index contributed by atoms with van der Waals surface area (Å²) < 4.78 is 108. The summed E-state index contributed by atoms with van der Waals surface area (Å²) >= 11 is 0. The van der Waals surface area contributed by atoms with E-state index in [0.29, 0.717) is 18.8 Å². The van der Waals surface area contributed by atoms with Crippen molar-refractivity contribution in [2.24, 2.45) is 17.8 Å². The van der Waals surface area contributed by atoms with E-state index < -0.39 is 92.7 Å². The van der Waals surface area contributed by atoms with Crippen LogP contribution >= 0.6 is 0 Å². The predicted molar refractivity (Wildman–Crippen MR) is 97.3 cm³/mol. The van der Waals surface area contributed by atoms with Crippen LogP contribution in [0.25, 0.3) is 0 Å². The summed E-state index contributed by atoms with van der Waals surface area (Å²) in [6, 6.07) is 0. The monoisotopic (exact) mass is 462 g/mol. The smallest absolute Gasteiger partial charge is 0.358 e. The van der Waals surface area contributed by atoms with Crippen molar-refractivity contribution in [3.05, 3.63) is 0 Å². The van der Waals surface area contributed by atoms with Gasteiger partial charge in [-0.05, 0) is 18.8 Å². The van der Waals surface area contributed by atoms with Gasteiger partial charge in [-0.15, -0.1) is 0 Å². The quantitative estimate of drug-likeness (QED) is 0.394. The van der Waals surface area contributed by atoms with Crippen molar-refractivity contribution in [1.82, 2.24) is 0 Å². The van der Waals surface area contributed by atoms with Gasteiger partial charge >= 0.3 is 12.1 Å². The van der Waals surface area contributed by atoms with Crippen molar-refractivity contribution in [1.29, 1.82) is 0 Å². The van der Waals surface area contributed by atoms with Crippen LogP contribution in [-0.2, 0) is 14.3 Å². The molecule has 3 nitrogen and oxygen atoms in total. The van der Waals surface area contributed by atoms with Gasteiger partial charge in [-0.3, -0.25) is 4.79 Å². The summed E-state index contributed by atoms with van der Waals surface area (Å²) in [7, 11) is 0. The number of ether oxygens (including phenoxy) is 2. The summed E-state index contributed by atoms with van der Waals surface area (Å²) in [4.78, 5) is 12.2. The molecule has 0 heterocycles. The first kappa shape index (κ1) is 24.6. The van der Waals surface area contributed by atoms with E-state index in [2.05, 4.69) is 0 Å². The number of carbonyl (C=O) groups excluding carboxylic acids is 1. The first-order chi connectivity index (χ1) is 14.5. The van der Waals surface area contributed by atoms with E-state index in [9.17, 15) is 35.5 Å². The highest BCUT2D eigenvalue weighted by molar-refractivity contribution is 5.74. The fourth-order valence-corrected chi connectivity index (χ4v) is 4.85. The van der Waals surface area contributed by atoms with Crippen molar-refractivity contribution in [2.75, 3.05) is 0 Å². The molecule has 3 rings (SSSR count). The van der Waals surface area contributed by atoms with Crippen LogP contribution in [0.4, 0.5) is 30.7 Å². The maximum Gasteiger partial charge on any atom is 0.358 e. The van der Waals surface area contributed by atoms with Crippen LogP contribution in [0.5, 0.6) is 0 Å². The molecule has 3 saturated carbocycles. The Bertz CT molecular complexity index is 590. The van der Waals surface area contributed by atoms with Crippen LogP contribution in [-0.4, -0.2) is 55.1 Å². The van der Waals surface area contributed by atoms with E-state index >= 15 is 0 Å². The first-order valence-electron chi connectivity index (χ1n) is 10.9. The number of esters is 1. The standard InChI is InChI=1S/C21H29F7O3/c1-10-2-4-11(5-3-10)21(27,28)31-13-8-14(22)18(15(23)9-13)20(29)30-12-6-16(24)19(26)17(25)7-12/h10-19H,2-9H2,1H3. The maximum atomic E-state index is 14.6. The maximum absolute atomic E-state index is 14.6. The number of carbonyl (C=O) groups is 1. The highest BCUT2D eigenvalue weighted by Crippen LogP contribution is 2.43. The van der Waals surface area contributed by atoms with Crippen LogP contribution in [0.15, 0.2) is 0 Å². The minimum atomic E-state index is -3.52. The molecule has 0 bridgehead atoms. The number of hydrogen-bond donors (Lipinski definition) is 0. The second kappa shape index (κ2) is 9.83. The van der Waals surface area contributed by atoms with Gasteiger partial charge < -0.3 is 9.47 Å². The highest BCUT2D eigenvalue weighted by Gasteiger charge is 2.50. The Labute approximate surface area is 177 Å². The molecule has 0 N–H and O–H groups in total. The number of alkyl halides is 7. The zero-order valence-electron chi connectivity index (χ0n) is 17.3. The summed E-state index contributed by atoms with van der Waals surface area (Å²) in [5.74, 6) is -3.91. The van der Waals surface area contributed by atoms with Gasteiger partial charge in [-0.25, -0.2) is 22.0 Å². The molecular formula is C21H29F7O3. The van der Waals surface area contributed by atoms with Gasteiger partial charge in [0.1, 0.15) is 36.7 Å². The molecule has 0 aliphatic heterocycles. The van der Waals surface area contributed by atoms with Crippen LogP contribution in [0.3, 0.4) is 0 Å².